The van der Waals surface area contributed by atoms with E-state index >= 15 is 0 Å². The van der Waals surface area contributed by atoms with Gasteiger partial charge in [0.25, 0.3) is 0 Å². The van der Waals surface area contributed by atoms with Crippen molar-refractivity contribution in [1.29, 1.82) is 0 Å². The molecule has 0 unspecified atom stereocenters. The van der Waals surface area contributed by atoms with E-state index in [1.165, 1.54) is 71.2 Å². The van der Waals surface area contributed by atoms with Crippen LogP contribution in [0.5, 0.6) is 0 Å². The van der Waals surface area contributed by atoms with Gasteiger partial charge in [0.2, 0.25) is 0 Å². The Balaban J connectivity index is 1.40. The fourth-order valence-electron chi connectivity index (χ4n) is 6.71. The number of fused-ring (bicyclic) bond motifs is 6. The maximum atomic E-state index is 2.47. The summed E-state index contributed by atoms with van der Waals surface area (Å²) in [6.45, 7) is 4.48. The normalized spacial score (nSPS) is 11.6. The molecule has 0 aromatic heterocycles. The highest BCUT2D eigenvalue weighted by molar-refractivity contribution is 6.18. The van der Waals surface area contributed by atoms with Crippen molar-refractivity contribution in [1.82, 2.24) is 0 Å². The highest BCUT2D eigenvalue weighted by Crippen LogP contribution is 2.46. The van der Waals surface area contributed by atoms with Crippen molar-refractivity contribution in [2.45, 2.75) is 19.8 Å². The lowest BCUT2D eigenvalue weighted by atomic mass is 9.96. The Kier molecular flexibility index (Phi) is 6.38. The smallest absolute Gasteiger partial charge is 0.0546 e. The van der Waals surface area contributed by atoms with E-state index in [0.717, 1.165) is 5.69 Å². The van der Waals surface area contributed by atoms with Crippen LogP contribution in [-0.4, -0.2) is 0 Å². The van der Waals surface area contributed by atoms with Crippen LogP contribution < -0.4 is 4.90 Å². The Morgan fingerprint density at radius 3 is 1.23 bits per heavy atom. The molecule has 44 heavy (non-hydrogen) atoms. The predicted octanol–water partition coefficient (Wildman–Crippen LogP) is 12.6. The van der Waals surface area contributed by atoms with Gasteiger partial charge >= 0.3 is 0 Å². The minimum absolute atomic E-state index is 0.522. The first-order chi connectivity index (χ1) is 21.7. The third kappa shape index (κ3) is 4.41. The second-order valence-corrected chi connectivity index (χ2v) is 12.0. The van der Waals surface area contributed by atoms with E-state index in [-0.39, 0.29) is 0 Å². The van der Waals surface area contributed by atoms with Gasteiger partial charge in [0.05, 0.1) is 11.4 Å². The fourth-order valence-corrected chi connectivity index (χ4v) is 6.71. The van der Waals surface area contributed by atoms with Crippen molar-refractivity contribution in [2.75, 3.05) is 4.90 Å². The minimum atomic E-state index is 0.522. The average Bonchev–Trinajstić information content (AvgIpc) is 3.09. The van der Waals surface area contributed by atoms with Gasteiger partial charge in [-0.3, -0.25) is 0 Å². The molecule has 8 aromatic rings. The van der Waals surface area contributed by atoms with Crippen molar-refractivity contribution in [3.63, 3.8) is 0 Å². The topological polar surface area (TPSA) is 3.24 Å². The molecule has 8 rings (SSSR count). The maximum Gasteiger partial charge on any atom is 0.0546 e. The van der Waals surface area contributed by atoms with Crippen LogP contribution in [0.15, 0.2) is 158 Å². The molecular formula is C43H33N. The van der Waals surface area contributed by atoms with Gasteiger partial charge in [-0.1, -0.05) is 147 Å². The second-order valence-electron chi connectivity index (χ2n) is 12.0. The monoisotopic (exact) mass is 563 g/mol. The van der Waals surface area contributed by atoms with Gasteiger partial charge in [0.1, 0.15) is 0 Å². The standard InChI is InChI=1S/C43H33N/c1-29(2)30-19-21-31(22-20-30)32-23-25-35(26-24-32)44(42-27-33-11-3-5-13-36(33)38-15-7-9-17-40(38)42)43-28-34-12-4-6-14-37(34)39-16-8-10-18-41(39)43/h3-29H,1-2H3. The van der Waals surface area contributed by atoms with E-state index < -0.39 is 0 Å². The molecular weight excluding hydrogens is 530 g/mol. The largest absolute Gasteiger partial charge is 0.309 e. The molecule has 1 heteroatoms. The molecule has 0 N–H and O–H groups in total. The number of benzene rings is 8. The first kappa shape index (κ1) is 26.2. The molecule has 0 radical (unpaired) electrons. The summed E-state index contributed by atoms with van der Waals surface area (Å²) >= 11 is 0. The van der Waals surface area contributed by atoms with E-state index in [1.807, 2.05) is 0 Å². The molecule has 0 saturated heterocycles. The van der Waals surface area contributed by atoms with Gasteiger partial charge in [-0.15, -0.1) is 0 Å². The first-order valence-corrected chi connectivity index (χ1v) is 15.5. The van der Waals surface area contributed by atoms with Crippen LogP contribution in [0.25, 0.3) is 54.2 Å². The number of hydrogen-bond donors (Lipinski definition) is 0. The van der Waals surface area contributed by atoms with E-state index in [1.54, 1.807) is 0 Å². The molecule has 0 saturated carbocycles. The van der Waals surface area contributed by atoms with E-state index in [4.69, 9.17) is 0 Å². The molecule has 0 atom stereocenters. The van der Waals surface area contributed by atoms with Crippen molar-refractivity contribution in [2.24, 2.45) is 0 Å². The van der Waals surface area contributed by atoms with Crippen molar-refractivity contribution in [3.05, 3.63) is 163 Å². The highest BCUT2D eigenvalue weighted by atomic mass is 15.1. The Labute approximate surface area is 258 Å². The molecule has 0 amide bonds. The minimum Gasteiger partial charge on any atom is -0.309 e. The number of hydrogen-bond acceptors (Lipinski definition) is 1. The summed E-state index contributed by atoms with van der Waals surface area (Å²) < 4.78 is 0. The van der Waals surface area contributed by atoms with E-state index in [0.29, 0.717) is 5.92 Å². The maximum absolute atomic E-state index is 2.47. The van der Waals surface area contributed by atoms with Crippen LogP contribution in [0.2, 0.25) is 0 Å². The average molecular weight is 564 g/mol. The first-order valence-electron chi connectivity index (χ1n) is 15.5. The van der Waals surface area contributed by atoms with Crippen molar-refractivity contribution in [3.8, 4) is 11.1 Å². The third-order valence-electron chi connectivity index (χ3n) is 9.01. The Morgan fingerprint density at radius 1 is 0.386 bits per heavy atom. The van der Waals surface area contributed by atoms with Crippen LogP contribution in [0.3, 0.4) is 0 Å². The van der Waals surface area contributed by atoms with Crippen LogP contribution in [0, 0.1) is 0 Å². The molecule has 0 aliphatic rings. The number of rotatable bonds is 5. The summed E-state index contributed by atoms with van der Waals surface area (Å²) in [4.78, 5) is 2.47. The molecule has 0 heterocycles. The van der Waals surface area contributed by atoms with Crippen LogP contribution >= 0.6 is 0 Å². The Morgan fingerprint density at radius 2 is 0.773 bits per heavy atom. The summed E-state index contributed by atoms with van der Waals surface area (Å²) in [7, 11) is 0. The molecule has 0 aliphatic carbocycles. The van der Waals surface area contributed by atoms with Gasteiger partial charge in [-0.2, -0.15) is 0 Å². The van der Waals surface area contributed by atoms with Crippen LogP contribution in [0.1, 0.15) is 25.3 Å². The van der Waals surface area contributed by atoms with Gasteiger partial charge in [-0.05, 0) is 79.2 Å². The van der Waals surface area contributed by atoms with Crippen molar-refractivity contribution >= 4 is 60.2 Å². The second kappa shape index (κ2) is 10.7. The van der Waals surface area contributed by atoms with Gasteiger partial charge in [0, 0.05) is 16.5 Å². The van der Waals surface area contributed by atoms with Gasteiger partial charge < -0.3 is 4.90 Å². The highest BCUT2D eigenvalue weighted by Gasteiger charge is 2.20. The Bertz CT molecular complexity index is 2170. The summed E-state index contributed by atoms with van der Waals surface area (Å²) in [5.74, 6) is 0.522. The van der Waals surface area contributed by atoms with Crippen LogP contribution in [-0.2, 0) is 0 Å². The third-order valence-corrected chi connectivity index (χ3v) is 9.01. The van der Waals surface area contributed by atoms with Crippen molar-refractivity contribution < 1.29 is 0 Å². The SMILES string of the molecule is CC(C)c1ccc(-c2ccc(N(c3cc4ccccc4c4ccccc34)c3cc4ccccc4c4ccccc34)cc2)cc1. The zero-order valence-electron chi connectivity index (χ0n) is 25.0. The Hall–Kier alpha value is -5.40. The quantitative estimate of drug-likeness (QED) is 0.188. The van der Waals surface area contributed by atoms with E-state index in [9.17, 15) is 0 Å². The molecule has 0 spiro atoms. The molecule has 8 aromatic carbocycles. The van der Waals surface area contributed by atoms with Gasteiger partial charge in [0.15, 0.2) is 0 Å². The lowest BCUT2D eigenvalue weighted by molar-refractivity contribution is 0.867. The van der Waals surface area contributed by atoms with E-state index in [2.05, 4.69) is 176 Å². The zero-order valence-corrected chi connectivity index (χ0v) is 25.0. The lowest BCUT2D eigenvalue weighted by Gasteiger charge is -2.29. The summed E-state index contributed by atoms with van der Waals surface area (Å²) in [5.41, 5.74) is 7.30. The molecule has 0 aliphatic heterocycles. The molecule has 0 bridgehead atoms. The van der Waals surface area contributed by atoms with Gasteiger partial charge in [-0.25, -0.2) is 0 Å². The summed E-state index contributed by atoms with van der Waals surface area (Å²) in [5, 5.41) is 10.0. The van der Waals surface area contributed by atoms with Crippen LogP contribution in [0.4, 0.5) is 17.1 Å². The predicted molar refractivity (Wildman–Crippen MR) is 191 cm³/mol. The molecule has 0 fully saturated rings. The zero-order chi connectivity index (χ0) is 29.6. The molecule has 210 valence electrons. The fraction of sp³-hybridized carbons (Fsp3) is 0.0698. The summed E-state index contributed by atoms with van der Waals surface area (Å²) in [6.07, 6.45) is 0. The number of anilines is 3. The molecule has 1 nitrogen and oxygen atoms in total. The number of nitrogens with zero attached hydrogens (tertiary/aromatic N) is 1. The lowest BCUT2D eigenvalue weighted by Crippen LogP contribution is -2.11. The summed E-state index contributed by atoms with van der Waals surface area (Å²) in [6, 6.07) is 57.9.